The van der Waals surface area contributed by atoms with Gasteiger partial charge in [0.25, 0.3) is 5.91 Å². The maximum absolute atomic E-state index is 11.6. The van der Waals surface area contributed by atoms with E-state index in [-0.39, 0.29) is 6.61 Å². The summed E-state index contributed by atoms with van der Waals surface area (Å²) < 4.78 is 10.3. The highest BCUT2D eigenvalue weighted by molar-refractivity contribution is 5.91. The van der Waals surface area contributed by atoms with E-state index in [0.29, 0.717) is 12.3 Å². The predicted octanol–water partition coefficient (Wildman–Crippen LogP) is 2.48. The molecule has 0 unspecified atom stereocenters. The molecule has 0 aromatic heterocycles. The van der Waals surface area contributed by atoms with Gasteiger partial charge in [0.15, 0.2) is 6.61 Å². The van der Waals surface area contributed by atoms with E-state index in [9.17, 15) is 9.59 Å². The quantitative estimate of drug-likeness (QED) is 0.788. The number of hydrogen-bond acceptors (Lipinski definition) is 5. The summed E-state index contributed by atoms with van der Waals surface area (Å²) in [6.07, 6.45) is -0.749. The molecule has 7 nitrogen and oxygen atoms in total. The molecule has 2 N–H and O–H groups in total. The van der Waals surface area contributed by atoms with Gasteiger partial charge in [-0.2, -0.15) is 5.48 Å². The summed E-state index contributed by atoms with van der Waals surface area (Å²) >= 11 is 0. The molecule has 0 heterocycles. The molecule has 0 bridgehead atoms. The largest absolute Gasteiger partial charge is 0.494 e. The average Bonchev–Trinajstić information content (AvgIpc) is 2.39. The highest BCUT2D eigenvalue weighted by Crippen LogP contribution is 2.15. The Morgan fingerprint density at radius 3 is 2.32 bits per heavy atom. The number of carbonyl (C=O) groups excluding carboxylic acids is 2. The molecular weight excluding hydrogens is 288 g/mol. The van der Waals surface area contributed by atoms with Gasteiger partial charge in [-0.1, -0.05) is 0 Å². The molecule has 2 amide bonds. The number of nitrogens with one attached hydrogen (secondary N) is 2. The monoisotopic (exact) mass is 310 g/mol. The third-order valence-corrected chi connectivity index (χ3v) is 2.21. The second kappa shape index (κ2) is 8.23. The Balaban J connectivity index is 2.30. The van der Waals surface area contributed by atoms with E-state index in [4.69, 9.17) is 14.3 Å². The summed E-state index contributed by atoms with van der Waals surface area (Å²) in [5.74, 6) is 0.323. The molecule has 7 heteroatoms. The second-order valence-electron chi connectivity index (χ2n) is 5.40. The van der Waals surface area contributed by atoms with Gasteiger partial charge >= 0.3 is 6.09 Å². The SMILES string of the molecule is CCOc1ccc(NC(=O)CONC(=O)OC(C)(C)C)cc1. The van der Waals surface area contributed by atoms with E-state index in [1.807, 2.05) is 12.4 Å². The van der Waals surface area contributed by atoms with Gasteiger partial charge in [-0.25, -0.2) is 4.79 Å². The van der Waals surface area contributed by atoms with Gasteiger partial charge in [-0.3, -0.25) is 9.63 Å². The number of rotatable bonds is 6. The van der Waals surface area contributed by atoms with Crippen LogP contribution in [0.1, 0.15) is 27.7 Å². The lowest BCUT2D eigenvalue weighted by Crippen LogP contribution is -2.34. The van der Waals surface area contributed by atoms with Gasteiger partial charge in [0.1, 0.15) is 11.4 Å². The third-order valence-electron chi connectivity index (χ3n) is 2.21. The van der Waals surface area contributed by atoms with Crippen LogP contribution in [0.15, 0.2) is 24.3 Å². The van der Waals surface area contributed by atoms with Crippen LogP contribution in [-0.2, 0) is 14.4 Å². The van der Waals surface area contributed by atoms with Crippen LogP contribution in [0, 0.1) is 0 Å². The van der Waals surface area contributed by atoms with E-state index in [0.717, 1.165) is 5.75 Å². The van der Waals surface area contributed by atoms with Crippen molar-refractivity contribution in [3.63, 3.8) is 0 Å². The molecule has 0 saturated heterocycles. The molecule has 0 aliphatic rings. The summed E-state index contributed by atoms with van der Waals surface area (Å²) in [4.78, 5) is 27.7. The molecule has 122 valence electrons. The molecule has 0 radical (unpaired) electrons. The minimum Gasteiger partial charge on any atom is -0.494 e. The molecule has 0 aliphatic heterocycles. The van der Waals surface area contributed by atoms with Gasteiger partial charge in [0, 0.05) is 5.69 Å². The van der Waals surface area contributed by atoms with Gasteiger partial charge in [0.05, 0.1) is 6.61 Å². The number of ether oxygens (including phenoxy) is 2. The van der Waals surface area contributed by atoms with Crippen LogP contribution in [0.5, 0.6) is 5.75 Å². The Hall–Kier alpha value is -2.28. The first-order valence-electron chi connectivity index (χ1n) is 6.93. The number of hydrogen-bond donors (Lipinski definition) is 2. The highest BCUT2D eigenvalue weighted by atomic mass is 16.7. The van der Waals surface area contributed by atoms with Crippen LogP contribution in [0.3, 0.4) is 0 Å². The molecule has 0 atom stereocenters. The van der Waals surface area contributed by atoms with Crippen LogP contribution in [0.4, 0.5) is 10.5 Å². The summed E-state index contributed by atoms with van der Waals surface area (Å²) in [6, 6.07) is 6.92. The van der Waals surface area contributed by atoms with Crippen molar-refractivity contribution in [3.8, 4) is 5.75 Å². The first kappa shape index (κ1) is 17.8. The Morgan fingerprint density at radius 2 is 1.77 bits per heavy atom. The number of carbonyl (C=O) groups is 2. The maximum Gasteiger partial charge on any atom is 0.431 e. The lowest BCUT2D eigenvalue weighted by molar-refractivity contribution is -0.122. The van der Waals surface area contributed by atoms with Crippen molar-refractivity contribution in [2.24, 2.45) is 0 Å². The zero-order valence-corrected chi connectivity index (χ0v) is 13.3. The molecule has 1 aromatic rings. The minimum atomic E-state index is -0.749. The predicted molar refractivity (Wildman–Crippen MR) is 81.6 cm³/mol. The van der Waals surface area contributed by atoms with Crippen LogP contribution >= 0.6 is 0 Å². The molecular formula is C15H22N2O5. The third kappa shape index (κ3) is 7.49. The first-order valence-corrected chi connectivity index (χ1v) is 6.93. The number of benzene rings is 1. The van der Waals surface area contributed by atoms with Crippen molar-refractivity contribution in [3.05, 3.63) is 24.3 Å². The fourth-order valence-corrected chi connectivity index (χ4v) is 1.46. The summed E-state index contributed by atoms with van der Waals surface area (Å²) in [5, 5.41) is 2.62. The molecule has 22 heavy (non-hydrogen) atoms. The Bertz CT molecular complexity index is 494. The van der Waals surface area contributed by atoms with E-state index < -0.39 is 17.6 Å². The van der Waals surface area contributed by atoms with E-state index in [2.05, 4.69) is 5.32 Å². The van der Waals surface area contributed by atoms with Crippen molar-refractivity contribution in [2.45, 2.75) is 33.3 Å². The van der Waals surface area contributed by atoms with Gasteiger partial charge < -0.3 is 14.8 Å². The minimum absolute atomic E-state index is 0.327. The zero-order chi connectivity index (χ0) is 16.6. The van der Waals surface area contributed by atoms with Gasteiger partial charge in [-0.15, -0.1) is 0 Å². The summed E-state index contributed by atoms with van der Waals surface area (Å²) in [5.41, 5.74) is 2.02. The standard InChI is InChI=1S/C15H22N2O5/c1-5-20-12-8-6-11(7-9-12)16-13(18)10-21-17-14(19)22-15(2,3)4/h6-9H,5,10H2,1-4H3,(H,16,18)(H,17,19). The van der Waals surface area contributed by atoms with Crippen molar-refractivity contribution in [2.75, 3.05) is 18.5 Å². The Morgan fingerprint density at radius 1 is 1.14 bits per heavy atom. The van der Waals surface area contributed by atoms with E-state index in [1.54, 1.807) is 45.0 Å². The van der Waals surface area contributed by atoms with Crippen molar-refractivity contribution in [1.82, 2.24) is 5.48 Å². The number of anilines is 1. The van der Waals surface area contributed by atoms with Crippen LogP contribution in [-0.4, -0.2) is 30.8 Å². The molecule has 0 spiro atoms. The summed E-state index contributed by atoms with van der Waals surface area (Å²) in [7, 11) is 0. The average molecular weight is 310 g/mol. The van der Waals surface area contributed by atoms with E-state index >= 15 is 0 Å². The van der Waals surface area contributed by atoms with Crippen LogP contribution < -0.4 is 15.5 Å². The molecule has 0 aliphatic carbocycles. The van der Waals surface area contributed by atoms with Crippen LogP contribution in [0.2, 0.25) is 0 Å². The first-order chi connectivity index (χ1) is 10.3. The van der Waals surface area contributed by atoms with Gasteiger partial charge in [-0.05, 0) is 52.0 Å². The zero-order valence-electron chi connectivity index (χ0n) is 13.3. The summed E-state index contributed by atoms with van der Waals surface area (Å²) in [6.45, 7) is 7.33. The molecule has 1 aromatic carbocycles. The lowest BCUT2D eigenvalue weighted by Gasteiger charge is -2.19. The maximum atomic E-state index is 11.6. The second-order valence-corrected chi connectivity index (χ2v) is 5.40. The topological polar surface area (TPSA) is 85.9 Å². The van der Waals surface area contributed by atoms with Crippen molar-refractivity contribution < 1.29 is 23.9 Å². The molecule has 0 saturated carbocycles. The van der Waals surface area contributed by atoms with Crippen LogP contribution in [0.25, 0.3) is 0 Å². The molecule has 0 fully saturated rings. The fraction of sp³-hybridized carbons (Fsp3) is 0.467. The van der Waals surface area contributed by atoms with Crippen molar-refractivity contribution >= 4 is 17.7 Å². The van der Waals surface area contributed by atoms with Gasteiger partial charge in [0.2, 0.25) is 0 Å². The fourth-order valence-electron chi connectivity index (χ4n) is 1.46. The Kier molecular flexibility index (Phi) is 6.65. The normalized spacial score (nSPS) is 10.7. The molecule has 1 rings (SSSR count). The number of hydroxylamine groups is 1. The highest BCUT2D eigenvalue weighted by Gasteiger charge is 2.16. The lowest BCUT2D eigenvalue weighted by atomic mass is 10.2. The smallest absolute Gasteiger partial charge is 0.431 e. The number of amides is 2. The Labute approximate surface area is 129 Å². The van der Waals surface area contributed by atoms with E-state index in [1.165, 1.54) is 0 Å². The van der Waals surface area contributed by atoms with Crippen molar-refractivity contribution in [1.29, 1.82) is 0 Å².